The summed E-state index contributed by atoms with van der Waals surface area (Å²) in [5.41, 5.74) is 7.63. The molecule has 2 N–H and O–H groups in total. The standard InChI is InChI=1S/C15H15NO3S2/c1-18-15(17)13-6-5-12(19-13)9-21-8-10-3-2-4-11(7-10)14(16)20/h2-7H,8-9H2,1H3,(H2,16,20). The smallest absolute Gasteiger partial charge is 0.373 e. The Balaban J connectivity index is 1.89. The van der Waals surface area contributed by atoms with Crippen molar-refractivity contribution >= 4 is 34.9 Å². The summed E-state index contributed by atoms with van der Waals surface area (Å²) >= 11 is 6.64. The Bertz CT molecular complexity index is 652. The molecule has 110 valence electrons. The summed E-state index contributed by atoms with van der Waals surface area (Å²) in [6, 6.07) is 11.2. The molecule has 1 heterocycles. The predicted octanol–water partition coefficient (Wildman–Crippen LogP) is 3.13. The Morgan fingerprint density at radius 1 is 1.33 bits per heavy atom. The van der Waals surface area contributed by atoms with Crippen LogP contribution in [0.5, 0.6) is 0 Å². The summed E-state index contributed by atoms with van der Waals surface area (Å²) in [4.78, 5) is 11.7. The summed E-state index contributed by atoms with van der Waals surface area (Å²) < 4.78 is 10.00. The topological polar surface area (TPSA) is 65.5 Å². The third-order valence-corrected chi connectivity index (χ3v) is 4.03. The van der Waals surface area contributed by atoms with Crippen LogP contribution in [0.25, 0.3) is 0 Å². The van der Waals surface area contributed by atoms with Crippen LogP contribution in [0.4, 0.5) is 0 Å². The number of hydrogen-bond donors (Lipinski definition) is 1. The van der Waals surface area contributed by atoms with Gasteiger partial charge in [0.15, 0.2) is 0 Å². The summed E-state index contributed by atoms with van der Waals surface area (Å²) in [6.07, 6.45) is 0. The lowest BCUT2D eigenvalue weighted by Crippen LogP contribution is -2.09. The number of hydrogen-bond acceptors (Lipinski definition) is 5. The van der Waals surface area contributed by atoms with Crippen molar-refractivity contribution in [2.75, 3.05) is 7.11 Å². The van der Waals surface area contributed by atoms with Gasteiger partial charge in [0.05, 0.1) is 12.9 Å². The van der Waals surface area contributed by atoms with E-state index in [1.165, 1.54) is 7.11 Å². The number of thioether (sulfide) groups is 1. The molecule has 0 saturated carbocycles. The van der Waals surface area contributed by atoms with Crippen LogP contribution in [-0.4, -0.2) is 18.1 Å². The van der Waals surface area contributed by atoms with Crippen molar-refractivity contribution in [3.63, 3.8) is 0 Å². The van der Waals surface area contributed by atoms with E-state index in [1.54, 1.807) is 23.9 Å². The van der Waals surface area contributed by atoms with Crippen molar-refractivity contribution < 1.29 is 13.9 Å². The first-order chi connectivity index (χ1) is 10.1. The lowest BCUT2D eigenvalue weighted by Gasteiger charge is -2.03. The highest BCUT2D eigenvalue weighted by molar-refractivity contribution is 7.97. The van der Waals surface area contributed by atoms with Crippen molar-refractivity contribution in [2.45, 2.75) is 11.5 Å². The van der Waals surface area contributed by atoms with E-state index in [1.807, 2.05) is 24.3 Å². The lowest BCUT2D eigenvalue weighted by molar-refractivity contribution is 0.0563. The number of nitrogens with two attached hydrogens (primary N) is 1. The monoisotopic (exact) mass is 321 g/mol. The third kappa shape index (κ3) is 4.34. The Labute approximate surface area is 132 Å². The van der Waals surface area contributed by atoms with Gasteiger partial charge in [0.25, 0.3) is 0 Å². The molecule has 0 amide bonds. The maximum atomic E-state index is 11.3. The molecule has 0 spiro atoms. The van der Waals surface area contributed by atoms with Gasteiger partial charge in [-0.2, -0.15) is 0 Å². The maximum Gasteiger partial charge on any atom is 0.373 e. The van der Waals surface area contributed by atoms with Crippen molar-refractivity contribution in [1.82, 2.24) is 0 Å². The number of furan rings is 1. The fraction of sp³-hybridized carbons (Fsp3) is 0.200. The Morgan fingerprint density at radius 3 is 2.86 bits per heavy atom. The van der Waals surface area contributed by atoms with Gasteiger partial charge in [-0.25, -0.2) is 4.79 Å². The number of thiocarbonyl (C=S) groups is 1. The highest BCUT2D eigenvalue weighted by atomic mass is 32.2. The van der Waals surface area contributed by atoms with Crippen LogP contribution in [0.15, 0.2) is 40.8 Å². The van der Waals surface area contributed by atoms with Gasteiger partial charge in [-0.3, -0.25) is 0 Å². The molecule has 0 fully saturated rings. The lowest BCUT2D eigenvalue weighted by atomic mass is 10.1. The van der Waals surface area contributed by atoms with Crippen LogP contribution in [-0.2, 0) is 16.2 Å². The van der Waals surface area contributed by atoms with E-state index in [-0.39, 0.29) is 5.76 Å². The third-order valence-electron chi connectivity index (χ3n) is 2.77. The molecule has 6 heteroatoms. The molecule has 0 aliphatic carbocycles. The second-order valence-electron chi connectivity index (χ2n) is 4.31. The average molecular weight is 321 g/mol. The predicted molar refractivity (Wildman–Crippen MR) is 87.4 cm³/mol. The number of benzene rings is 1. The molecule has 21 heavy (non-hydrogen) atoms. The zero-order chi connectivity index (χ0) is 15.2. The number of methoxy groups -OCH3 is 1. The molecule has 0 saturated heterocycles. The first-order valence-corrected chi connectivity index (χ1v) is 7.80. The molecule has 0 aliphatic rings. The van der Waals surface area contributed by atoms with E-state index in [9.17, 15) is 4.79 Å². The Hall–Kier alpha value is -1.79. The molecule has 2 rings (SSSR count). The average Bonchev–Trinajstić information content (AvgIpc) is 2.95. The normalized spacial score (nSPS) is 10.3. The van der Waals surface area contributed by atoms with Crippen LogP contribution in [0.3, 0.4) is 0 Å². The van der Waals surface area contributed by atoms with E-state index < -0.39 is 5.97 Å². The molecule has 2 aromatic rings. The largest absolute Gasteiger partial charge is 0.463 e. The molecule has 1 aromatic heterocycles. The van der Waals surface area contributed by atoms with E-state index in [0.717, 1.165) is 22.6 Å². The molecular formula is C15H15NO3S2. The van der Waals surface area contributed by atoms with Crippen molar-refractivity contribution in [2.24, 2.45) is 5.73 Å². The highest BCUT2D eigenvalue weighted by Gasteiger charge is 2.10. The van der Waals surface area contributed by atoms with Crippen LogP contribution in [0.1, 0.15) is 27.4 Å². The molecule has 4 nitrogen and oxygen atoms in total. The number of esters is 1. The van der Waals surface area contributed by atoms with E-state index in [0.29, 0.717) is 10.7 Å². The van der Waals surface area contributed by atoms with Gasteiger partial charge in [-0.05, 0) is 23.8 Å². The first-order valence-electron chi connectivity index (χ1n) is 6.23. The molecule has 0 radical (unpaired) electrons. The number of rotatable bonds is 6. The molecule has 0 aliphatic heterocycles. The number of carbonyl (C=O) groups excluding carboxylic acids is 1. The van der Waals surface area contributed by atoms with Crippen LogP contribution >= 0.6 is 24.0 Å². The summed E-state index contributed by atoms with van der Waals surface area (Å²) in [5.74, 6) is 1.99. The van der Waals surface area contributed by atoms with E-state index in [2.05, 4.69) is 4.74 Å². The van der Waals surface area contributed by atoms with Gasteiger partial charge in [0, 0.05) is 11.3 Å². The summed E-state index contributed by atoms with van der Waals surface area (Å²) in [7, 11) is 1.33. The number of ether oxygens (including phenoxy) is 1. The first kappa shape index (κ1) is 15.6. The fourth-order valence-corrected chi connectivity index (χ4v) is 2.75. The highest BCUT2D eigenvalue weighted by Crippen LogP contribution is 2.20. The SMILES string of the molecule is COC(=O)c1ccc(CSCc2cccc(C(N)=S)c2)o1. The molecule has 0 bridgehead atoms. The summed E-state index contributed by atoms with van der Waals surface area (Å²) in [5, 5.41) is 0. The zero-order valence-corrected chi connectivity index (χ0v) is 13.1. The van der Waals surface area contributed by atoms with Crippen LogP contribution in [0, 0.1) is 0 Å². The Morgan fingerprint density at radius 2 is 2.14 bits per heavy atom. The quantitative estimate of drug-likeness (QED) is 0.651. The van der Waals surface area contributed by atoms with Crippen molar-refractivity contribution in [1.29, 1.82) is 0 Å². The minimum atomic E-state index is -0.463. The van der Waals surface area contributed by atoms with E-state index in [4.69, 9.17) is 22.4 Å². The second kappa shape index (κ2) is 7.28. The Kier molecular flexibility index (Phi) is 5.41. The van der Waals surface area contributed by atoms with Crippen LogP contribution in [0.2, 0.25) is 0 Å². The maximum absolute atomic E-state index is 11.3. The second-order valence-corrected chi connectivity index (χ2v) is 5.74. The minimum absolute atomic E-state index is 0.226. The van der Waals surface area contributed by atoms with Gasteiger partial charge in [-0.1, -0.05) is 30.4 Å². The zero-order valence-electron chi connectivity index (χ0n) is 11.5. The van der Waals surface area contributed by atoms with Crippen molar-refractivity contribution in [3.8, 4) is 0 Å². The van der Waals surface area contributed by atoms with Gasteiger partial charge < -0.3 is 14.9 Å². The molecular weight excluding hydrogens is 306 g/mol. The fourth-order valence-electron chi connectivity index (χ4n) is 1.75. The molecule has 0 unspecified atom stereocenters. The summed E-state index contributed by atoms with van der Waals surface area (Å²) in [6.45, 7) is 0. The molecule has 0 atom stereocenters. The molecule has 1 aromatic carbocycles. The minimum Gasteiger partial charge on any atom is -0.463 e. The van der Waals surface area contributed by atoms with Gasteiger partial charge in [0.2, 0.25) is 5.76 Å². The van der Waals surface area contributed by atoms with Gasteiger partial charge in [0.1, 0.15) is 10.7 Å². The van der Waals surface area contributed by atoms with E-state index >= 15 is 0 Å². The van der Waals surface area contributed by atoms with Crippen LogP contribution < -0.4 is 5.73 Å². The van der Waals surface area contributed by atoms with Gasteiger partial charge >= 0.3 is 5.97 Å². The number of carbonyl (C=O) groups is 1. The van der Waals surface area contributed by atoms with Crippen molar-refractivity contribution in [3.05, 3.63) is 59.0 Å². The van der Waals surface area contributed by atoms with Gasteiger partial charge in [-0.15, -0.1) is 11.8 Å².